The first-order valence-electron chi connectivity index (χ1n) is 32.7. The van der Waals surface area contributed by atoms with Crippen molar-refractivity contribution in [3.63, 3.8) is 0 Å². The number of allylic oxidation sites excluding steroid dienone is 22. The van der Waals surface area contributed by atoms with Crippen LogP contribution in [-0.4, -0.2) is 37.2 Å². The van der Waals surface area contributed by atoms with E-state index in [0.717, 1.165) is 148 Å². The van der Waals surface area contributed by atoms with Gasteiger partial charge in [-0.25, -0.2) is 0 Å². The molecule has 1 atom stereocenters. The summed E-state index contributed by atoms with van der Waals surface area (Å²) in [5, 5.41) is 0. The van der Waals surface area contributed by atoms with E-state index in [4.69, 9.17) is 14.2 Å². The van der Waals surface area contributed by atoms with Gasteiger partial charge in [0.25, 0.3) is 0 Å². The molecule has 448 valence electrons. The van der Waals surface area contributed by atoms with Gasteiger partial charge in [-0.15, -0.1) is 0 Å². The van der Waals surface area contributed by atoms with Gasteiger partial charge in [-0.05, 0) is 135 Å². The number of rotatable bonds is 58. The Bertz CT molecular complexity index is 1680. The minimum Gasteiger partial charge on any atom is -0.462 e. The predicted octanol–water partition coefficient (Wildman–Crippen LogP) is 22.5. The number of unbranched alkanes of at least 4 members (excludes halogenated alkanes) is 25. The van der Waals surface area contributed by atoms with Crippen LogP contribution >= 0.6 is 0 Å². The molecule has 0 radical (unpaired) electrons. The first-order chi connectivity index (χ1) is 39.0. The Kier molecular flexibility index (Phi) is 62.3. The van der Waals surface area contributed by atoms with Gasteiger partial charge in [-0.3, -0.25) is 14.4 Å². The predicted molar refractivity (Wildman–Crippen MR) is 343 cm³/mol. The standard InChI is InChI=1S/C73H120O6/c1-4-7-10-13-16-19-22-25-28-31-32-33-34-35-36-37-38-39-40-43-45-48-51-54-57-60-63-66-72(75)78-69-70(79-73(76)67-64-61-58-55-52-49-46-42-30-27-24-21-18-15-12-9-6-3)68-77-71(74)65-62-59-56-53-50-47-44-41-29-26-23-20-17-14-11-8-5-2/h7,9-10,12,16,18-19,21,25-30,32-33,35-36,38-39,43,45,70H,4-6,8,11,13-15,17,20,22-24,31,34,37,40-42,44,46-69H2,1-3H3/b10-7-,12-9-,19-16-,21-18-,28-25-,29-26-,30-27-,33-32-,36-35-,39-38-,45-43-. The first kappa shape index (κ1) is 74.5. The molecule has 6 nitrogen and oxygen atoms in total. The molecular weight excluding hydrogens is 973 g/mol. The van der Waals surface area contributed by atoms with Crippen LogP contribution in [0.3, 0.4) is 0 Å². The van der Waals surface area contributed by atoms with Crippen molar-refractivity contribution in [2.75, 3.05) is 13.2 Å². The first-order valence-corrected chi connectivity index (χ1v) is 32.7. The van der Waals surface area contributed by atoms with Crippen LogP contribution in [0.5, 0.6) is 0 Å². The summed E-state index contributed by atoms with van der Waals surface area (Å²) in [5.74, 6) is -0.924. The molecule has 0 aromatic heterocycles. The second kappa shape index (κ2) is 66.1. The zero-order valence-electron chi connectivity index (χ0n) is 51.3. The molecule has 0 saturated heterocycles. The highest BCUT2D eigenvalue weighted by atomic mass is 16.6. The zero-order chi connectivity index (χ0) is 57.1. The minimum atomic E-state index is -0.800. The second-order valence-electron chi connectivity index (χ2n) is 21.3. The normalized spacial score (nSPS) is 13.0. The Balaban J connectivity index is 4.43. The van der Waals surface area contributed by atoms with Crippen LogP contribution in [0.4, 0.5) is 0 Å². The summed E-state index contributed by atoms with van der Waals surface area (Å²) in [7, 11) is 0. The number of ether oxygens (including phenoxy) is 3. The molecule has 79 heavy (non-hydrogen) atoms. The molecule has 0 amide bonds. The van der Waals surface area contributed by atoms with Gasteiger partial charge in [0.15, 0.2) is 6.10 Å². The molecule has 1 unspecified atom stereocenters. The van der Waals surface area contributed by atoms with E-state index >= 15 is 0 Å². The highest BCUT2D eigenvalue weighted by Gasteiger charge is 2.19. The van der Waals surface area contributed by atoms with Crippen LogP contribution < -0.4 is 0 Å². The molecule has 0 aromatic carbocycles. The SMILES string of the molecule is CC/C=C\C/C=C\C/C=C\C/C=C\C/C=C\C/C=C\C/C=C\CCCCCCCC(=O)OCC(COC(=O)CCCCCCCCC/C=C\CCCCCCCC)OC(=O)CCCCCCCCC/C=C\C/C=C\C/C=C\CC. The van der Waals surface area contributed by atoms with Gasteiger partial charge in [0.1, 0.15) is 13.2 Å². The smallest absolute Gasteiger partial charge is 0.306 e. The molecule has 0 heterocycles. The molecule has 0 aliphatic rings. The summed E-state index contributed by atoms with van der Waals surface area (Å²) >= 11 is 0. The van der Waals surface area contributed by atoms with Crippen molar-refractivity contribution in [1.29, 1.82) is 0 Å². The Labute approximate surface area is 487 Å². The lowest BCUT2D eigenvalue weighted by Gasteiger charge is -2.18. The van der Waals surface area contributed by atoms with Crippen molar-refractivity contribution >= 4 is 17.9 Å². The Morgan fingerprint density at radius 3 is 0.785 bits per heavy atom. The minimum absolute atomic E-state index is 0.0936. The van der Waals surface area contributed by atoms with E-state index in [0.29, 0.717) is 19.3 Å². The van der Waals surface area contributed by atoms with Crippen LogP contribution in [0, 0.1) is 0 Å². The third kappa shape index (κ3) is 64.3. The molecule has 0 bridgehead atoms. The Morgan fingerprint density at radius 1 is 0.266 bits per heavy atom. The molecule has 0 aliphatic heterocycles. The molecule has 0 aliphatic carbocycles. The van der Waals surface area contributed by atoms with Gasteiger partial charge in [0.2, 0.25) is 0 Å². The van der Waals surface area contributed by atoms with E-state index in [1.54, 1.807) is 0 Å². The Morgan fingerprint density at radius 2 is 0.494 bits per heavy atom. The fourth-order valence-corrected chi connectivity index (χ4v) is 8.79. The third-order valence-corrected chi connectivity index (χ3v) is 13.6. The summed E-state index contributed by atoms with van der Waals surface area (Å²) in [5.41, 5.74) is 0. The van der Waals surface area contributed by atoms with Crippen LogP contribution in [0.25, 0.3) is 0 Å². The van der Waals surface area contributed by atoms with Crippen LogP contribution in [-0.2, 0) is 28.6 Å². The summed E-state index contributed by atoms with van der Waals surface area (Å²) in [6.07, 6.45) is 93.1. The molecule has 0 rings (SSSR count). The summed E-state index contributed by atoms with van der Waals surface area (Å²) < 4.78 is 16.9. The molecule has 0 spiro atoms. The van der Waals surface area contributed by atoms with Gasteiger partial charge in [0, 0.05) is 19.3 Å². The number of carbonyl (C=O) groups excluding carboxylic acids is 3. The largest absolute Gasteiger partial charge is 0.462 e. The lowest BCUT2D eigenvalue weighted by molar-refractivity contribution is -0.167. The maximum absolute atomic E-state index is 12.9. The lowest BCUT2D eigenvalue weighted by Crippen LogP contribution is -2.30. The highest BCUT2D eigenvalue weighted by molar-refractivity contribution is 5.71. The summed E-state index contributed by atoms with van der Waals surface area (Å²) in [4.78, 5) is 38.4. The fourth-order valence-electron chi connectivity index (χ4n) is 8.79. The topological polar surface area (TPSA) is 78.9 Å². The number of carbonyl (C=O) groups is 3. The van der Waals surface area contributed by atoms with Crippen molar-refractivity contribution in [3.8, 4) is 0 Å². The van der Waals surface area contributed by atoms with Crippen LogP contribution in [0.1, 0.15) is 290 Å². The fraction of sp³-hybridized carbons (Fsp3) is 0.658. The third-order valence-electron chi connectivity index (χ3n) is 13.6. The summed E-state index contributed by atoms with van der Waals surface area (Å²) in [6.45, 7) is 6.40. The van der Waals surface area contributed by atoms with Gasteiger partial charge >= 0.3 is 17.9 Å². The van der Waals surface area contributed by atoms with Gasteiger partial charge < -0.3 is 14.2 Å². The molecule has 6 heteroatoms. The van der Waals surface area contributed by atoms with Crippen molar-refractivity contribution in [1.82, 2.24) is 0 Å². The van der Waals surface area contributed by atoms with Gasteiger partial charge in [0.05, 0.1) is 0 Å². The van der Waals surface area contributed by atoms with Crippen LogP contribution in [0.15, 0.2) is 134 Å². The highest BCUT2D eigenvalue weighted by Crippen LogP contribution is 2.15. The van der Waals surface area contributed by atoms with Crippen molar-refractivity contribution < 1.29 is 28.6 Å². The zero-order valence-corrected chi connectivity index (χ0v) is 51.3. The van der Waals surface area contributed by atoms with Crippen molar-refractivity contribution in [2.24, 2.45) is 0 Å². The maximum atomic E-state index is 12.9. The summed E-state index contributed by atoms with van der Waals surface area (Å²) in [6, 6.07) is 0. The van der Waals surface area contributed by atoms with Gasteiger partial charge in [-0.2, -0.15) is 0 Å². The average Bonchev–Trinajstić information content (AvgIpc) is 3.45. The molecule has 0 saturated carbocycles. The molecule has 0 N–H and O–H groups in total. The average molecular weight is 1090 g/mol. The monoisotopic (exact) mass is 1090 g/mol. The van der Waals surface area contributed by atoms with E-state index in [-0.39, 0.29) is 31.1 Å². The molecule has 0 aromatic rings. The Hall–Kier alpha value is -4.45. The lowest BCUT2D eigenvalue weighted by atomic mass is 10.1. The van der Waals surface area contributed by atoms with E-state index in [2.05, 4.69) is 154 Å². The number of hydrogen-bond donors (Lipinski definition) is 0. The quantitative estimate of drug-likeness (QED) is 0.0261. The molecular formula is C73H120O6. The molecule has 0 fully saturated rings. The van der Waals surface area contributed by atoms with Crippen LogP contribution in [0.2, 0.25) is 0 Å². The number of hydrogen-bond acceptors (Lipinski definition) is 6. The van der Waals surface area contributed by atoms with E-state index in [1.165, 1.54) is 103 Å². The number of esters is 3. The van der Waals surface area contributed by atoms with E-state index in [1.807, 2.05) is 0 Å². The van der Waals surface area contributed by atoms with E-state index in [9.17, 15) is 14.4 Å². The van der Waals surface area contributed by atoms with Crippen molar-refractivity contribution in [2.45, 2.75) is 297 Å². The van der Waals surface area contributed by atoms with E-state index < -0.39 is 6.10 Å². The second-order valence-corrected chi connectivity index (χ2v) is 21.3. The van der Waals surface area contributed by atoms with Crippen molar-refractivity contribution in [3.05, 3.63) is 134 Å². The maximum Gasteiger partial charge on any atom is 0.306 e. The van der Waals surface area contributed by atoms with Gasteiger partial charge in [-0.1, -0.05) is 270 Å².